The van der Waals surface area contributed by atoms with Crippen LogP contribution in [0.1, 0.15) is 10.5 Å². The number of fused-ring (bicyclic) bond motifs is 1. The molecule has 0 aliphatic heterocycles. The van der Waals surface area contributed by atoms with Crippen LogP contribution in [-0.2, 0) is 13.6 Å². The highest BCUT2D eigenvalue weighted by molar-refractivity contribution is 6.35. The first-order chi connectivity index (χ1) is 9.16. The van der Waals surface area contributed by atoms with E-state index in [4.69, 9.17) is 11.6 Å². The fourth-order valence-electron chi connectivity index (χ4n) is 2.33. The van der Waals surface area contributed by atoms with E-state index in [0.717, 1.165) is 10.9 Å². The molecule has 3 nitrogen and oxygen atoms in total. The first-order valence-corrected chi connectivity index (χ1v) is 6.42. The fraction of sp³-hybridized carbons (Fsp3) is 0.133. The number of hydrogen-bond acceptors (Lipinski definition) is 1. The number of carbonyl (C=O) groups is 1. The molecule has 0 bridgehead atoms. The Hall–Kier alpha value is -2.00. The molecule has 0 saturated heterocycles. The molecule has 0 N–H and O–H groups in total. The molecule has 0 spiro atoms. The van der Waals surface area contributed by atoms with Gasteiger partial charge in [0, 0.05) is 24.8 Å². The second-order valence-corrected chi connectivity index (χ2v) is 4.96. The van der Waals surface area contributed by atoms with E-state index in [1.165, 1.54) is 0 Å². The lowest BCUT2D eigenvalue weighted by Gasteiger charge is -2.07. The summed E-state index contributed by atoms with van der Waals surface area (Å²) in [7, 11) is 1.87. The molecule has 0 saturated carbocycles. The molecule has 96 valence electrons. The van der Waals surface area contributed by atoms with E-state index in [1.54, 1.807) is 0 Å². The second-order valence-electron chi connectivity index (χ2n) is 4.55. The Morgan fingerprint density at radius 2 is 2.00 bits per heavy atom. The van der Waals surface area contributed by atoms with Gasteiger partial charge in [-0.05, 0) is 24.3 Å². The van der Waals surface area contributed by atoms with Crippen LogP contribution in [0.15, 0.2) is 48.8 Å². The van der Waals surface area contributed by atoms with E-state index in [-0.39, 0.29) is 5.78 Å². The molecule has 4 heteroatoms. The van der Waals surface area contributed by atoms with Crippen molar-refractivity contribution >= 4 is 28.3 Å². The number of aryl methyl sites for hydroxylation is 1. The third kappa shape index (κ3) is 2.06. The number of aromatic nitrogens is 2. The van der Waals surface area contributed by atoms with Crippen molar-refractivity contribution in [3.8, 4) is 0 Å². The minimum atomic E-state index is 0.0740. The quantitative estimate of drug-likeness (QED) is 0.670. The van der Waals surface area contributed by atoms with Crippen LogP contribution < -0.4 is 0 Å². The Balaban J connectivity index is 1.98. The maximum atomic E-state index is 12.3. The Kier molecular flexibility index (Phi) is 2.91. The van der Waals surface area contributed by atoms with Gasteiger partial charge in [-0.25, -0.2) is 0 Å². The Morgan fingerprint density at radius 3 is 2.74 bits per heavy atom. The van der Waals surface area contributed by atoms with Gasteiger partial charge in [0.1, 0.15) is 0 Å². The zero-order valence-electron chi connectivity index (χ0n) is 10.5. The zero-order chi connectivity index (χ0) is 13.4. The summed E-state index contributed by atoms with van der Waals surface area (Å²) >= 11 is 6.21. The van der Waals surface area contributed by atoms with Crippen LogP contribution >= 0.6 is 11.6 Å². The van der Waals surface area contributed by atoms with Crippen molar-refractivity contribution in [3.05, 3.63) is 59.5 Å². The van der Waals surface area contributed by atoms with Crippen LogP contribution in [-0.4, -0.2) is 14.9 Å². The molecule has 1 aromatic carbocycles. The molecule has 0 aliphatic rings. The summed E-state index contributed by atoms with van der Waals surface area (Å²) in [6, 6.07) is 11.4. The van der Waals surface area contributed by atoms with Crippen molar-refractivity contribution in [2.24, 2.45) is 7.05 Å². The van der Waals surface area contributed by atoms with Crippen LogP contribution in [0.3, 0.4) is 0 Å². The number of benzene rings is 1. The highest BCUT2D eigenvalue weighted by atomic mass is 35.5. The van der Waals surface area contributed by atoms with Gasteiger partial charge < -0.3 is 9.13 Å². The average Bonchev–Trinajstić information content (AvgIpc) is 2.97. The Labute approximate surface area is 116 Å². The van der Waals surface area contributed by atoms with Crippen LogP contribution in [0, 0.1) is 0 Å². The first-order valence-electron chi connectivity index (χ1n) is 6.05. The highest BCUT2D eigenvalue weighted by Gasteiger charge is 2.12. The highest BCUT2D eigenvalue weighted by Crippen LogP contribution is 2.24. The van der Waals surface area contributed by atoms with Crippen LogP contribution in [0.2, 0.25) is 5.02 Å². The van der Waals surface area contributed by atoms with E-state index in [1.807, 2.05) is 65.0 Å². The van der Waals surface area contributed by atoms with E-state index in [9.17, 15) is 4.79 Å². The molecule has 2 heterocycles. The lowest BCUT2D eigenvalue weighted by atomic mass is 10.2. The van der Waals surface area contributed by atoms with E-state index >= 15 is 0 Å². The van der Waals surface area contributed by atoms with Crippen LogP contribution in [0.5, 0.6) is 0 Å². The SMILES string of the molecule is Cn1cccc1C(=O)Cn1ccc2cccc(Cl)c21. The molecule has 2 aromatic heterocycles. The lowest BCUT2D eigenvalue weighted by molar-refractivity contribution is 0.0966. The molecule has 19 heavy (non-hydrogen) atoms. The molecular formula is C15H13ClN2O. The van der Waals surface area contributed by atoms with Crippen molar-refractivity contribution in [2.45, 2.75) is 6.54 Å². The van der Waals surface area contributed by atoms with Gasteiger partial charge in [0.05, 0.1) is 22.8 Å². The van der Waals surface area contributed by atoms with Crippen molar-refractivity contribution in [1.82, 2.24) is 9.13 Å². The number of nitrogens with zero attached hydrogens (tertiary/aromatic N) is 2. The zero-order valence-corrected chi connectivity index (χ0v) is 11.3. The number of halogens is 1. The van der Waals surface area contributed by atoms with Crippen molar-refractivity contribution in [3.63, 3.8) is 0 Å². The van der Waals surface area contributed by atoms with Gasteiger partial charge in [0.2, 0.25) is 0 Å². The topological polar surface area (TPSA) is 26.9 Å². The van der Waals surface area contributed by atoms with Crippen molar-refractivity contribution in [1.29, 1.82) is 0 Å². The Bertz CT molecular complexity index is 754. The van der Waals surface area contributed by atoms with Gasteiger partial charge in [-0.3, -0.25) is 4.79 Å². The van der Waals surface area contributed by atoms with Gasteiger partial charge >= 0.3 is 0 Å². The maximum absolute atomic E-state index is 12.3. The van der Waals surface area contributed by atoms with E-state index < -0.39 is 0 Å². The minimum Gasteiger partial charge on any atom is -0.348 e. The van der Waals surface area contributed by atoms with Crippen molar-refractivity contribution < 1.29 is 4.79 Å². The summed E-state index contributed by atoms with van der Waals surface area (Å²) in [4.78, 5) is 12.3. The second kappa shape index (κ2) is 4.59. The molecule has 0 aliphatic carbocycles. The first kappa shape index (κ1) is 12.1. The predicted octanol–water partition coefficient (Wildman–Crippen LogP) is 3.52. The summed E-state index contributed by atoms with van der Waals surface area (Å²) in [5, 5.41) is 1.72. The number of ketones is 1. The molecule has 0 fully saturated rings. The standard InChI is InChI=1S/C15H13ClN2O/c1-17-8-3-6-13(17)14(19)10-18-9-7-11-4-2-5-12(16)15(11)18/h2-9H,10H2,1H3. The largest absolute Gasteiger partial charge is 0.348 e. The maximum Gasteiger partial charge on any atom is 0.198 e. The number of rotatable bonds is 3. The normalized spacial score (nSPS) is 11.1. The molecule has 0 unspecified atom stereocenters. The molecule has 0 radical (unpaired) electrons. The third-order valence-electron chi connectivity index (χ3n) is 3.28. The number of carbonyl (C=O) groups excluding carboxylic acids is 1. The van der Waals surface area contributed by atoms with Gasteiger partial charge in [-0.1, -0.05) is 23.7 Å². The molecule has 3 rings (SSSR count). The molecule has 0 atom stereocenters. The van der Waals surface area contributed by atoms with Crippen molar-refractivity contribution in [2.75, 3.05) is 0 Å². The smallest absolute Gasteiger partial charge is 0.198 e. The third-order valence-corrected chi connectivity index (χ3v) is 3.59. The summed E-state index contributed by atoms with van der Waals surface area (Å²) in [6.45, 7) is 0.297. The number of hydrogen-bond donors (Lipinski definition) is 0. The summed E-state index contributed by atoms with van der Waals surface area (Å²) in [5.41, 5.74) is 1.61. The number of Topliss-reactive ketones (excluding diaryl/α,β-unsaturated/α-hetero) is 1. The summed E-state index contributed by atoms with van der Waals surface area (Å²) in [6.07, 6.45) is 3.77. The monoisotopic (exact) mass is 272 g/mol. The minimum absolute atomic E-state index is 0.0740. The fourth-order valence-corrected chi connectivity index (χ4v) is 2.62. The van der Waals surface area contributed by atoms with Gasteiger partial charge in [0.15, 0.2) is 5.78 Å². The van der Waals surface area contributed by atoms with Crippen LogP contribution in [0.25, 0.3) is 10.9 Å². The Morgan fingerprint density at radius 1 is 1.16 bits per heavy atom. The predicted molar refractivity (Wildman–Crippen MR) is 76.7 cm³/mol. The van der Waals surface area contributed by atoms with Gasteiger partial charge in [-0.2, -0.15) is 0 Å². The van der Waals surface area contributed by atoms with Gasteiger partial charge in [-0.15, -0.1) is 0 Å². The summed E-state index contributed by atoms with van der Waals surface area (Å²) in [5.74, 6) is 0.0740. The number of para-hydroxylation sites is 1. The summed E-state index contributed by atoms with van der Waals surface area (Å²) < 4.78 is 3.72. The molecule has 3 aromatic rings. The molecular weight excluding hydrogens is 260 g/mol. The van der Waals surface area contributed by atoms with E-state index in [0.29, 0.717) is 17.3 Å². The average molecular weight is 273 g/mol. The molecule has 0 amide bonds. The van der Waals surface area contributed by atoms with Crippen LogP contribution in [0.4, 0.5) is 0 Å². The lowest BCUT2D eigenvalue weighted by Crippen LogP contribution is -2.12. The van der Waals surface area contributed by atoms with E-state index in [2.05, 4.69) is 0 Å². The van der Waals surface area contributed by atoms with Gasteiger partial charge in [0.25, 0.3) is 0 Å².